The Bertz CT molecular complexity index is 915. The maximum absolute atomic E-state index is 13.0. The van der Waals surface area contributed by atoms with Crippen molar-refractivity contribution >= 4 is 50.9 Å². The van der Waals surface area contributed by atoms with Crippen LogP contribution < -0.4 is 5.32 Å². The van der Waals surface area contributed by atoms with Crippen molar-refractivity contribution in [3.8, 4) is 0 Å². The van der Waals surface area contributed by atoms with E-state index in [1.54, 1.807) is 23.1 Å². The molecule has 3 amide bonds. The van der Waals surface area contributed by atoms with Gasteiger partial charge in [-0.3, -0.25) is 14.4 Å². The smallest absolute Gasteiger partial charge is 0.313 e. The van der Waals surface area contributed by atoms with Gasteiger partial charge in [-0.25, -0.2) is 4.39 Å². The summed E-state index contributed by atoms with van der Waals surface area (Å²) in [6, 6.07) is 10.2. The number of rotatable bonds is 2. The molecule has 0 bridgehead atoms. The van der Waals surface area contributed by atoms with Crippen LogP contribution in [0.3, 0.4) is 0 Å². The van der Waals surface area contributed by atoms with Gasteiger partial charge in [-0.1, -0.05) is 27.5 Å². The van der Waals surface area contributed by atoms with Gasteiger partial charge in [-0.15, -0.1) is 0 Å². The van der Waals surface area contributed by atoms with Crippen molar-refractivity contribution in [2.75, 3.05) is 31.5 Å². The Kier molecular flexibility index (Phi) is 6.31. The topological polar surface area (TPSA) is 69.7 Å². The minimum absolute atomic E-state index is 0.229. The van der Waals surface area contributed by atoms with Crippen LogP contribution in [0.4, 0.5) is 10.1 Å². The monoisotopic (exact) mass is 467 g/mol. The number of benzene rings is 2. The van der Waals surface area contributed by atoms with Crippen molar-refractivity contribution in [3.05, 3.63) is 63.3 Å². The minimum Gasteiger partial charge on any atom is -0.335 e. The molecule has 0 atom stereocenters. The van der Waals surface area contributed by atoms with E-state index >= 15 is 0 Å². The summed E-state index contributed by atoms with van der Waals surface area (Å²) in [5, 5.41) is 2.81. The summed E-state index contributed by atoms with van der Waals surface area (Å²) in [5.41, 5.74) is 0.720. The summed E-state index contributed by atoms with van der Waals surface area (Å²) in [6.07, 6.45) is 0. The first-order valence-electron chi connectivity index (χ1n) is 8.45. The molecule has 0 aliphatic carbocycles. The van der Waals surface area contributed by atoms with E-state index in [9.17, 15) is 18.8 Å². The van der Waals surface area contributed by atoms with Gasteiger partial charge < -0.3 is 15.1 Å². The van der Waals surface area contributed by atoms with Crippen LogP contribution >= 0.6 is 27.5 Å². The first kappa shape index (κ1) is 20.3. The zero-order valence-electron chi connectivity index (χ0n) is 14.6. The second kappa shape index (κ2) is 8.70. The Labute approximate surface area is 174 Å². The molecule has 0 aromatic heterocycles. The molecule has 1 aliphatic rings. The number of carbonyl (C=O) groups is 3. The van der Waals surface area contributed by atoms with Crippen LogP contribution in [0.1, 0.15) is 10.4 Å². The van der Waals surface area contributed by atoms with Crippen molar-refractivity contribution in [3.63, 3.8) is 0 Å². The maximum atomic E-state index is 13.0. The quantitative estimate of drug-likeness (QED) is 0.689. The Hall–Kier alpha value is -2.45. The first-order valence-corrected chi connectivity index (χ1v) is 9.62. The largest absolute Gasteiger partial charge is 0.335 e. The lowest BCUT2D eigenvalue weighted by Gasteiger charge is -2.34. The van der Waals surface area contributed by atoms with E-state index in [1.165, 1.54) is 29.2 Å². The predicted octanol–water partition coefficient (Wildman–Crippen LogP) is 3.16. The summed E-state index contributed by atoms with van der Waals surface area (Å²) in [4.78, 5) is 40.0. The van der Waals surface area contributed by atoms with Crippen LogP contribution in [-0.4, -0.2) is 53.7 Å². The average molecular weight is 469 g/mol. The molecule has 0 radical (unpaired) electrons. The van der Waals surface area contributed by atoms with E-state index in [0.717, 1.165) is 4.47 Å². The van der Waals surface area contributed by atoms with Crippen molar-refractivity contribution in [2.45, 2.75) is 0 Å². The number of hydrogen-bond donors (Lipinski definition) is 1. The number of piperazine rings is 1. The predicted molar refractivity (Wildman–Crippen MR) is 107 cm³/mol. The van der Waals surface area contributed by atoms with Gasteiger partial charge in [0.2, 0.25) is 0 Å². The number of anilines is 1. The van der Waals surface area contributed by atoms with Gasteiger partial charge in [0.05, 0.1) is 10.7 Å². The highest BCUT2D eigenvalue weighted by molar-refractivity contribution is 9.10. The summed E-state index contributed by atoms with van der Waals surface area (Å²) in [6.45, 7) is 1.03. The molecule has 1 aliphatic heterocycles. The lowest BCUT2D eigenvalue weighted by Crippen LogP contribution is -2.53. The SMILES string of the molecule is O=C(Nc1ccc(Br)cc1Cl)C(=O)N1CCN(C(=O)c2ccc(F)cc2)CC1. The lowest BCUT2D eigenvalue weighted by molar-refractivity contribution is -0.144. The molecule has 0 spiro atoms. The molecule has 2 aromatic rings. The number of hydrogen-bond acceptors (Lipinski definition) is 3. The molecule has 1 heterocycles. The van der Waals surface area contributed by atoms with Crippen LogP contribution in [0.25, 0.3) is 0 Å². The fourth-order valence-electron chi connectivity index (χ4n) is 2.80. The Morgan fingerprint density at radius 2 is 1.57 bits per heavy atom. The summed E-state index contributed by atoms with van der Waals surface area (Å²) in [5.74, 6) is -2.13. The normalized spacial score (nSPS) is 14.0. The molecule has 1 N–H and O–H groups in total. The number of halogens is 3. The molecule has 28 heavy (non-hydrogen) atoms. The van der Waals surface area contributed by atoms with Crippen molar-refractivity contribution in [2.24, 2.45) is 0 Å². The molecule has 2 aromatic carbocycles. The van der Waals surface area contributed by atoms with Gasteiger partial charge >= 0.3 is 11.8 Å². The van der Waals surface area contributed by atoms with Crippen LogP contribution in [0.15, 0.2) is 46.9 Å². The highest BCUT2D eigenvalue weighted by Gasteiger charge is 2.28. The highest BCUT2D eigenvalue weighted by atomic mass is 79.9. The van der Waals surface area contributed by atoms with E-state index in [4.69, 9.17) is 11.6 Å². The second-order valence-corrected chi connectivity index (χ2v) is 7.49. The molecule has 1 fully saturated rings. The Morgan fingerprint density at radius 3 is 2.18 bits per heavy atom. The van der Waals surface area contributed by atoms with Crippen LogP contribution in [0, 0.1) is 5.82 Å². The average Bonchev–Trinajstić information content (AvgIpc) is 2.69. The zero-order valence-corrected chi connectivity index (χ0v) is 17.0. The van der Waals surface area contributed by atoms with E-state index in [1.807, 2.05) is 0 Å². The summed E-state index contributed by atoms with van der Waals surface area (Å²) < 4.78 is 13.7. The molecule has 0 saturated carbocycles. The number of carbonyl (C=O) groups excluding carboxylic acids is 3. The van der Waals surface area contributed by atoms with E-state index in [-0.39, 0.29) is 32.1 Å². The zero-order chi connectivity index (χ0) is 20.3. The van der Waals surface area contributed by atoms with E-state index in [0.29, 0.717) is 16.3 Å². The molecule has 9 heteroatoms. The van der Waals surface area contributed by atoms with E-state index in [2.05, 4.69) is 21.2 Å². The molecular weight excluding hydrogens is 453 g/mol. The van der Waals surface area contributed by atoms with Gasteiger partial charge in [0.25, 0.3) is 5.91 Å². The fourth-order valence-corrected chi connectivity index (χ4v) is 3.52. The van der Waals surface area contributed by atoms with Crippen LogP contribution in [-0.2, 0) is 9.59 Å². The van der Waals surface area contributed by atoms with Gasteiger partial charge in [-0.05, 0) is 42.5 Å². The Balaban J connectivity index is 1.56. The fraction of sp³-hybridized carbons (Fsp3) is 0.211. The molecular formula is C19H16BrClFN3O3. The first-order chi connectivity index (χ1) is 13.3. The molecule has 3 rings (SSSR count). The van der Waals surface area contributed by atoms with Crippen molar-refractivity contribution in [1.29, 1.82) is 0 Å². The second-order valence-electron chi connectivity index (χ2n) is 6.17. The van der Waals surface area contributed by atoms with Gasteiger partial charge in [0.1, 0.15) is 5.82 Å². The van der Waals surface area contributed by atoms with Gasteiger partial charge in [-0.2, -0.15) is 0 Å². The van der Waals surface area contributed by atoms with Crippen LogP contribution in [0.5, 0.6) is 0 Å². The summed E-state index contributed by atoms with van der Waals surface area (Å²) in [7, 11) is 0. The summed E-state index contributed by atoms with van der Waals surface area (Å²) >= 11 is 9.32. The van der Waals surface area contributed by atoms with Crippen molar-refractivity contribution < 1.29 is 18.8 Å². The lowest BCUT2D eigenvalue weighted by atomic mass is 10.1. The number of nitrogens with zero attached hydrogens (tertiary/aromatic N) is 2. The third-order valence-electron chi connectivity index (χ3n) is 4.32. The third-order valence-corrected chi connectivity index (χ3v) is 5.12. The standard InChI is InChI=1S/C19H16BrClFN3O3/c20-13-3-6-16(15(21)11-13)23-17(26)19(28)25-9-7-24(8-10-25)18(27)12-1-4-14(22)5-2-12/h1-6,11H,7-10H2,(H,23,26). The Morgan fingerprint density at radius 1 is 0.964 bits per heavy atom. The third kappa shape index (κ3) is 4.69. The van der Waals surface area contributed by atoms with E-state index < -0.39 is 17.6 Å². The highest BCUT2D eigenvalue weighted by Crippen LogP contribution is 2.25. The number of nitrogens with one attached hydrogen (secondary N) is 1. The maximum Gasteiger partial charge on any atom is 0.313 e. The molecule has 6 nitrogen and oxygen atoms in total. The number of amides is 3. The van der Waals surface area contributed by atoms with Crippen molar-refractivity contribution in [1.82, 2.24) is 9.80 Å². The van der Waals surface area contributed by atoms with Crippen LogP contribution in [0.2, 0.25) is 5.02 Å². The van der Waals surface area contributed by atoms with Gasteiger partial charge in [0, 0.05) is 36.2 Å². The molecule has 146 valence electrons. The molecule has 0 unspecified atom stereocenters. The van der Waals surface area contributed by atoms with Gasteiger partial charge in [0.15, 0.2) is 0 Å². The minimum atomic E-state index is -0.789. The molecule has 1 saturated heterocycles.